The number of fused-ring (bicyclic) bond motifs is 1. The van der Waals surface area contributed by atoms with Crippen LogP contribution in [0, 0.1) is 5.92 Å². The second-order valence-electron chi connectivity index (χ2n) is 6.96. The van der Waals surface area contributed by atoms with Crippen LogP contribution >= 0.6 is 11.3 Å². The predicted molar refractivity (Wildman–Crippen MR) is 102 cm³/mol. The highest BCUT2D eigenvalue weighted by atomic mass is 32.1. The maximum atomic E-state index is 12.9. The Morgan fingerprint density at radius 2 is 2.00 bits per heavy atom. The number of aromatic nitrogens is 2. The lowest BCUT2D eigenvalue weighted by molar-refractivity contribution is -0.117. The Hall–Kier alpha value is -2.48. The van der Waals surface area contributed by atoms with E-state index in [0.717, 1.165) is 10.7 Å². The summed E-state index contributed by atoms with van der Waals surface area (Å²) in [7, 11) is 0. The summed E-state index contributed by atoms with van der Waals surface area (Å²) >= 11 is 1.35. The van der Waals surface area contributed by atoms with Crippen LogP contribution < -0.4 is 10.6 Å². The first-order chi connectivity index (χ1) is 12.4. The quantitative estimate of drug-likeness (QED) is 0.841. The zero-order valence-electron chi connectivity index (χ0n) is 15.3. The summed E-state index contributed by atoms with van der Waals surface area (Å²) in [5.74, 6) is -0.0213. The van der Waals surface area contributed by atoms with E-state index in [2.05, 4.69) is 20.8 Å². The summed E-state index contributed by atoms with van der Waals surface area (Å²) in [6, 6.07) is 7.36. The molecule has 7 nitrogen and oxygen atoms in total. The largest absolute Gasteiger partial charge is 0.364 e. The van der Waals surface area contributed by atoms with Crippen molar-refractivity contribution in [1.82, 2.24) is 15.1 Å². The number of carbonyl (C=O) groups excluding carboxylic acids is 2. The van der Waals surface area contributed by atoms with Gasteiger partial charge in [0.15, 0.2) is 0 Å². The average molecular weight is 373 g/mol. The number of amides is 2. The molecule has 8 heteroatoms. The number of nitrogens with zero attached hydrogens (tertiary/aromatic N) is 3. The van der Waals surface area contributed by atoms with Crippen molar-refractivity contribution >= 4 is 34.0 Å². The highest BCUT2D eigenvalue weighted by Gasteiger charge is 2.34. The number of nitrogens with one attached hydrogen (secondary N) is 2. The Labute approximate surface area is 156 Å². The Morgan fingerprint density at radius 3 is 2.65 bits per heavy atom. The van der Waals surface area contributed by atoms with Crippen molar-refractivity contribution in [3.8, 4) is 0 Å². The number of hydrogen-bond donors (Lipinski definition) is 2. The lowest BCUT2D eigenvalue weighted by Gasteiger charge is -2.39. The fourth-order valence-corrected chi connectivity index (χ4v) is 3.60. The first kappa shape index (κ1) is 18.3. The van der Waals surface area contributed by atoms with Crippen LogP contribution in [-0.4, -0.2) is 39.6 Å². The van der Waals surface area contributed by atoms with E-state index in [4.69, 9.17) is 0 Å². The van der Waals surface area contributed by atoms with Crippen LogP contribution in [0.15, 0.2) is 24.3 Å². The summed E-state index contributed by atoms with van der Waals surface area (Å²) in [6.07, 6.45) is -0.246. The van der Waals surface area contributed by atoms with Gasteiger partial charge in [0.05, 0.1) is 5.56 Å². The van der Waals surface area contributed by atoms with Gasteiger partial charge in [-0.2, -0.15) is 0 Å². The molecule has 2 heterocycles. The minimum Gasteiger partial charge on any atom is -0.364 e. The lowest BCUT2D eigenvalue weighted by Crippen LogP contribution is -2.53. The van der Waals surface area contributed by atoms with Gasteiger partial charge in [0.25, 0.3) is 5.91 Å². The van der Waals surface area contributed by atoms with Crippen LogP contribution in [0.2, 0.25) is 0 Å². The third-order valence-electron chi connectivity index (χ3n) is 4.18. The zero-order valence-corrected chi connectivity index (χ0v) is 16.1. The van der Waals surface area contributed by atoms with Crippen molar-refractivity contribution in [3.05, 3.63) is 34.8 Å². The van der Waals surface area contributed by atoms with E-state index in [9.17, 15) is 9.59 Å². The molecule has 0 fully saturated rings. The highest BCUT2D eigenvalue weighted by molar-refractivity contribution is 7.15. The van der Waals surface area contributed by atoms with Gasteiger partial charge in [-0.25, -0.2) is 0 Å². The summed E-state index contributed by atoms with van der Waals surface area (Å²) in [5, 5.41) is 15.5. The minimum absolute atomic E-state index is 0.0421. The molecule has 1 unspecified atom stereocenters. The van der Waals surface area contributed by atoms with Crippen LogP contribution in [0.25, 0.3) is 0 Å². The molecule has 2 amide bonds. The van der Waals surface area contributed by atoms with Crippen LogP contribution in [0.4, 0.5) is 10.8 Å². The van der Waals surface area contributed by atoms with Crippen molar-refractivity contribution < 1.29 is 9.59 Å². The molecule has 26 heavy (non-hydrogen) atoms. The maximum absolute atomic E-state index is 12.9. The van der Waals surface area contributed by atoms with Crippen LogP contribution in [0.3, 0.4) is 0 Å². The standard InChI is InChI=1S/C18H23N5O2S/c1-10(2)15-19-13-8-6-5-7-12(13)17(25)23(15)9-14(24)20-18-22-21-16(26-18)11(3)4/h5-8,10-11,15,19H,9H2,1-4H3,(H,20,22,24). The van der Waals surface area contributed by atoms with Crippen molar-refractivity contribution in [1.29, 1.82) is 0 Å². The molecule has 2 N–H and O–H groups in total. The molecule has 1 aliphatic rings. The first-order valence-electron chi connectivity index (χ1n) is 8.66. The Bertz CT molecular complexity index is 817. The average Bonchev–Trinajstić information content (AvgIpc) is 3.05. The van der Waals surface area contributed by atoms with Crippen molar-refractivity contribution in [3.63, 3.8) is 0 Å². The molecule has 0 aliphatic carbocycles. The van der Waals surface area contributed by atoms with E-state index in [1.165, 1.54) is 11.3 Å². The maximum Gasteiger partial charge on any atom is 0.258 e. The molecule has 1 atom stereocenters. The molecule has 1 aliphatic heterocycles. The van der Waals surface area contributed by atoms with E-state index in [1.807, 2.05) is 45.9 Å². The van der Waals surface area contributed by atoms with E-state index in [1.54, 1.807) is 11.0 Å². The van der Waals surface area contributed by atoms with E-state index in [0.29, 0.717) is 10.7 Å². The van der Waals surface area contributed by atoms with Crippen molar-refractivity contribution in [2.24, 2.45) is 5.92 Å². The van der Waals surface area contributed by atoms with Gasteiger partial charge in [0.2, 0.25) is 11.0 Å². The van der Waals surface area contributed by atoms with E-state index in [-0.39, 0.29) is 36.4 Å². The summed E-state index contributed by atoms with van der Waals surface area (Å²) in [5.41, 5.74) is 1.38. The normalized spacial score (nSPS) is 16.6. The van der Waals surface area contributed by atoms with Crippen LogP contribution in [0.1, 0.15) is 49.0 Å². The van der Waals surface area contributed by atoms with E-state index >= 15 is 0 Å². The number of rotatable bonds is 5. The first-order valence-corrected chi connectivity index (χ1v) is 9.48. The summed E-state index contributed by atoms with van der Waals surface area (Å²) < 4.78 is 0. The molecule has 0 saturated carbocycles. The SMILES string of the molecule is CC(C)c1nnc(NC(=O)CN2C(=O)c3ccccc3NC2C(C)C)s1. The number of hydrogen-bond acceptors (Lipinski definition) is 6. The van der Waals surface area contributed by atoms with Crippen molar-refractivity contribution in [2.45, 2.75) is 39.8 Å². The Balaban J connectivity index is 1.75. The van der Waals surface area contributed by atoms with Gasteiger partial charge in [-0.15, -0.1) is 10.2 Å². The molecule has 1 aromatic heterocycles. The Kier molecular flexibility index (Phi) is 5.22. The Morgan fingerprint density at radius 1 is 1.27 bits per heavy atom. The number of carbonyl (C=O) groups is 2. The smallest absolute Gasteiger partial charge is 0.258 e. The monoisotopic (exact) mass is 373 g/mol. The van der Waals surface area contributed by atoms with Crippen LogP contribution in [-0.2, 0) is 4.79 Å². The topological polar surface area (TPSA) is 87.2 Å². The molecule has 0 spiro atoms. The van der Waals surface area contributed by atoms with Crippen molar-refractivity contribution in [2.75, 3.05) is 17.2 Å². The fourth-order valence-electron chi connectivity index (χ4n) is 2.84. The molecule has 0 radical (unpaired) electrons. The predicted octanol–water partition coefficient (Wildman–Crippen LogP) is 3.15. The lowest BCUT2D eigenvalue weighted by atomic mass is 10.0. The number of benzene rings is 1. The zero-order chi connectivity index (χ0) is 18.8. The molecule has 3 rings (SSSR count). The summed E-state index contributed by atoms with van der Waals surface area (Å²) in [4.78, 5) is 27.0. The van der Waals surface area contributed by atoms with Gasteiger partial charge >= 0.3 is 0 Å². The van der Waals surface area contributed by atoms with Gasteiger partial charge in [-0.1, -0.05) is 51.2 Å². The summed E-state index contributed by atoms with van der Waals surface area (Å²) in [6.45, 7) is 8.04. The molecule has 2 aromatic rings. The third-order valence-corrected chi connectivity index (χ3v) is 5.32. The molecular formula is C18H23N5O2S. The van der Waals surface area contributed by atoms with Gasteiger partial charge in [-0.3, -0.25) is 14.9 Å². The van der Waals surface area contributed by atoms with Gasteiger partial charge in [-0.05, 0) is 18.1 Å². The number of anilines is 2. The second kappa shape index (κ2) is 7.41. The third kappa shape index (κ3) is 3.70. The molecular weight excluding hydrogens is 350 g/mol. The fraction of sp³-hybridized carbons (Fsp3) is 0.444. The number of para-hydroxylation sites is 1. The minimum atomic E-state index is -0.281. The van der Waals surface area contributed by atoms with Gasteiger partial charge in [0.1, 0.15) is 17.7 Å². The van der Waals surface area contributed by atoms with Crippen LogP contribution in [0.5, 0.6) is 0 Å². The molecule has 0 bridgehead atoms. The molecule has 1 aromatic carbocycles. The molecule has 138 valence electrons. The van der Waals surface area contributed by atoms with Gasteiger partial charge in [0, 0.05) is 11.6 Å². The second-order valence-corrected chi connectivity index (χ2v) is 7.97. The highest BCUT2D eigenvalue weighted by Crippen LogP contribution is 2.28. The molecule has 0 saturated heterocycles. The van der Waals surface area contributed by atoms with Gasteiger partial charge < -0.3 is 10.2 Å². The van der Waals surface area contributed by atoms with E-state index < -0.39 is 0 Å².